The Balaban J connectivity index is 1.99. The van der Waals surface area contributed by atoms with E-state index in [2.05, 4.69) is 23.1 Å². The number of carbonyl (C=O) groups excluding carboxylic acids is 1. The van der Waals surface area contributed by atoms with E-state index in [0.717, 1.165) is 37.8 Å². The monoisotopic (exact) mass is 298 g/mol. The van der Waals surface area contributed by atoms with Gasteiger partial charge in [-0.2, -0.15) is 5.26 Å². The Bertz CT molecular complexity index is 580. The molecule has 2 aliphatic rings. The molecule has 2 aliphatic heterocycles. The summed E-state index contributed by atoms with van der Waals surface area (Å²) in [6.45, 7) is 2.26. The molecule has 0 saturated carbocycles. The largest absolute Gasteiger partial charge is 0.453 e. The number of nitrogens with zero attached hydrogens (tertiary/aromatic N) is 2. The predicted octanol–water partition coefficient (Wildman–Crippen LogP) is 2.99. The van der Waals surface area contributed by atoms with Gasteiger partial charge in [0.05, 0.1) is 12.1 Å². The minimum atomic E-state index is -0.552. The summed E-state index contributed by atoms with van der Waals surface area (Å²) in [6, 6.07) is 13.0. The SMILES string of the molecule is CC(=O)OC1(c2ccccc2)CC2CCCC1N2CCC#N. The van der Waals surface area contributed by atoms with Gasteiger partial charge in [-0.05, 0) is 18.4 Å². The van der Waals surface area contributed by atoms with Crippen LogP contribution >= 0.6 is 0 Å². The number of hydrogen-bond acceptors (Lipinski definition) is 4. The van der Waals surface area contributed by atoms with Crippen LogP contribution in [-0.2, 0) is 15.1 Å². The molecule has 2 bridgehead atoms. The molecule has 4 heteroatoms. The van der Waals surface area contributed by atoms with Crippen LogP contribution in [0.5, 0.6) is 0 Å². The normalized spacial score (nSPS) is 30.7. The minimum absolute atomic E-state index is 0.186. The average Bonchev–Trinajstić information content (AvgIpc) is 2.68. The Morgan fingerprint density at radius 3 is 2.86 bits per heavy atom. The number of piperidine rings is 1. The van der Waals surface area contributed by atoms with Crippen LogP contribution in [0.2, 0.25) is 0 Å². The van der Waals surface area contributed by atoms with Gasteiger partial charge in [-0.15, -0.1) is 0 Å². The van der Waals surface area contributed by atoms with Crippen molar-refractivity contribution in [2.24, 2.45) is 0 Å². The topological polar surface area (TPSA) is 53.3 Å². The first-order valence-electron chi connectivity index (χ1n) is 8.05. The fourth-order valence-electron chi connectivity index (χ4n) is 4.31. The van der Waals surface area contributed by atoms with Crippen molar-refractivity contribution in [3.63, 3.8) is 0 Å². The summed E-state index contributed by atoms with van der Waals surface area (Å²) < 4.78 is 5.95. The third-order valence-corrected chi connectivity index (χ3v) is 5.03. The van der Waals surface area contributed by atoms with Crippen LogP contribution < -0.4 is 0 Å². The highest BCUT2D eigenvalue weighted by molar-refractivity contribution is 5.67. The van der Waals surface area contributed by atoms with E-state index in [4.69, 9.17) is 10.00 Å². The van der Waals surface area contributed by atoms with Crippen molar-refractivity contribution in [2.75, 3.05) is 6.54 Å². The Labute approximate surface area is 131 Å². The second-order valence-corrected chi connectivity index (χ2v) is 6.30. The maximum absolute atomic E-state index is 11.8. The molecule has 3 unspecified atom stereocenters. The number of benzene rings is 1. The second kappa shape index (κ2) is 6.10. The first-order valence-corrected chi connectivity index (χ1v) is 8.05. The molecule has 0 aliphatic carbocycles. The van der Waals surface area contributed by atoms with Crippen molar-refractivity contribution >= 4 is 5.97 Å². The van der Waals surface area contributed by atoms with Crippen LogP contribution in [0.3, 0.4) is 0 Å². The lowest BCUT2D eigenvalue weighted by Crippen LogP contribution is -2.48. The fraction of sp³-hybridized carbons (Fsp3) is 0.556. The van der Waals surface area contributed by atoms with Crippen molar-refractivity contribution in [1.29, 1.82) is 5.26 Å². The molecule has 2 heterocycles. The highest BCUT2D eigenvalue weighted by atomic mass is 16.6. The highest BCUT2D eigenvalue weighted by Crippen LogP contribution is 2.50. The smallest absolute Gasteiger partial charge is 0.303 e. The van der Waals surface area contributed by atoms with Crippen LogP contribution in [0, 0.1) is 11.3 Å². The van der Waals surface area contributed by atoms with Gasteiger partial charge in [-0.3, -0.25) is 9.69 Å². The number of esters is 1. The molecular formula is C18H22N2O2. The number of rotatable bonds is 4. The second-order valence-electron chi connectivity index (χ2n) is 6.30. The molecule has 2 fully saturated rings. The van der Waals surface area contributed by atoms with E-state index < -0.39 is 5.60 Å². The van der Waals surface area contributed by atoms with Crippen molar-refractivity contribution in [2.45, 2.75) is 56.7 Å². The van der Waals surface area contributed by atoms with E-state index in [0.29, 0.717) is 12.5 Å². The summed E-state index contributed by atoms with van der Waals surface area (Å²) >= 11 is 0. The van der Waals surface area contributed by atoms with Crippen molar-refractivity contribution in [1.82, 2.24) is 4.90 Å². The van der Waals surface area contributed by atoms with Gasteiger partial charge in [-0.25, -0.2) is 0 Å². The van der Waals surface area contributed by atoms with Gasteiger partial charge < -0.3 is 4.74 Å². The van der Waals surface area contributed by atoms with Gasteiger partial charge >= 0.3 is 5.97 Å². The molecule has 2 saturated heterocycles. The van der Waals surface area contributed by atoms with Crippen LogP contribution in [0.25, 0.3) is 0 Å². The lowest BCUT2D eigenvalue weighted by Gasteiger charge is -2.39. The first kappa shape index (κ1) is 15.1. The molecule has 3 atom stereocenters. The standard InChI is InChI=1S/C18H22N2O2/c1-14(21)22-18(15-7-3-2-4-8-15)13-16-9-5-10-17(18)20(16)12-6-11-19/h2-4,7-8,16-17H,5-6,9-10,12-13H2,1H3. The molecule has 4 nitrogen and oxygen atoms in total. The van der Waals surface area contributed by atoms with Gasteiger partial charge in [0, 0.05) is 32.4 Å². The summed E-state index contributed by atoms with van der Waals surface area (Å²) in [5.74, 6) is -0.225. The number of ether oxygens (including phenoxy) is 1. The number of nitriles is 1. The maximum atomic E-state index is 11.8. The number of carbonyl (C=O) groups is 1. The van der Waals surface area contributed by atoms with Gasteiger partial charge in [-0.1, -0.05) is 36.8 Å². The number of fused-ring (bicyclic) bond motifs is 2. The molecule has 1 aromatic carbocycles. The first-order chi connectivity index (χ1) is 10.7. The third kappa shape index (κ3) is 2.50. The van der Waals surface area contributed by atoms with Crippen LogP contribution in [-0.4, -0.2) is 29.5 Å². The molecule has 116 valence electrons. The minimum Gasteiger partial charge on any atom is -0.453 e. The zero-order valence-electron chi connectivity index (χ0n) is 13.0. The molecule has 0 radical (unpaired) electrons. The van der Waals surface area contributed by atoms with E-state index in [1.807, 2.05) is 18.2 Å². The molecule has 3 rings (SSSR count). The molecule has 0 spiro atoms. The molecule has 0 N–H and O–H groups in total. The van der Waals surface area contributed by atoms with E-state index in [-0.39, 0.29) is 12.0 Å². The van der Waals surface area contributed by atoms with E-state index >= 15 is 0 Å². The molecule has 1 aromatic rings. The average molecular weight is 298 g/mol. The van der Waals surface area contributed by atoms with E-state index in [1.54, 1.807) is 0 Å². The summed E-state index contributed by atoms with van der Waals surface area (Å²) in [7, 11) is 0. The van der Waals surface area contributed by atoms with Gasteiger partial charge in [0.2, 0.25) is 0 Å². The maximum Gasteiger partial charge on any atom is 0.303 e. The zero-order valence-corrected chi connectivity index (χ0v) is 13.0. The van der Waals surface area contributed by atoms with Crippen molar-refractivity contribution in [3.8, 4) is 6.07 Å². The highest BCUT2D eigenvalue weighted by Gasteiger charge is 2.56. The Hall–Kier alpha value is -1.86. The van der Waals surface area contributed by atoms with Gasteiger partial charge in [0.1, 0.15) is 0 Å². The van der Waals surface area contributed by atoms with Crippen LogP contribution in [0.4, 0.5) is 0 Å². The predicted molar refractivity (Wildman–Crippen MR) is 82.9 cm³/mol. The zero-order chi connectivity index (χ0) is 15.6. The van der Waals surface area contributed by atoms with Crippen LogP contribution in [0.15, 0.2) is 30.3 Å². The summed E-state index contributed by atoms with van der Waals surface area (Å²) in [4.78, 5) is 14.2. The van der Waals surface area contributed by atoms with Crippen molar-refractivity contribution in [3.05, 3.63) is 35.9 Å². The summed E-state index contributed by atoms with van der Waals surface area (Å²) in [5, 5.41) is 8.92. The Morgan fingerprint density at radius 1 is 1.41 bits per heavy atom. The number of hydrogen-bond donors (Lipinski definition) is 0. The van der Waals surface area contributed by atoms with E-state index in [9.17, 15) is 4.79 Å². The molecule has 22 heavy (non-hydrogen) atoms. The third-order valence-electron chi connectivity index (χ3n) is 5.03. The quantitative estimate of drug-likeness (QED) is 0.802. The van der Waals surface area contributed by atoms with Gasteiger partial charge in [0.15, 0.2) is 5.60 Å². The molecule has 0 amide bonds. The van der Waals surface area contributed by atoms with Crippen LogP contribution in [0.1, 0.15) is 44.6 Å². The molecular weight excluding hydrogens is 276 g/mol. The summed E-state index contributed by atoms with van der Waals surface area (Å²) in [6.07, 6.45) is 4.67. The summed E-state index contributed by atoms with van der Waals surface area (Å²) in [5.41, 5.74) is 0.533. The molecule has 0 aromatic heterocycles. The lowest BCUT2D eigenvalue weighted by atomic mass is 9.84. The lowest BCUT2D eigenvalue weighted by molar-refractivity contribution is -0.161. The van der Waals surface area contributed by atoms with Gasteiger partial charge in [0.25, 0.3) is 0 Å². The fourth-order valence-corrected chi connectivity index (χ4v) is 4.31. The van der Waals surface area contributed by atoms with E-state index in [1.165, 1.54) is 6.92 Å². The Morgan fingerprint density at radius 2 is 2.18 bits per heavy atom. The Kier molecular flexibility index (Phi) is 4.17. The van der Waals surface area contributed by atoms with Crippen molar-refractivity contribution < 1.29 is 9.53 Å².